The average Bonchev–Trinajstić information content (AvgIpc) is 2.25. The van der Waals surface area contributed by atoms with Crippen molar-refractivity contribution in [2.45, 2.75) is 44.8 Å². The van der Waals surface area contributed by atoms with Gasteiger partial charge >= 0.3 is 5.92 Å². The van der Waals surface area contributed by atoms with Crippen LogP contribution in [0, 0.1) is 5.82 Å². The van der Waals surface area contributed by atoms with Gasteiger partial charge in [-0.15, -0.1) is 0 Å². The predicted molar refractivity (Wildman–Crippen MR) is 71.2 cm³/mol. The molecule has 0 amide bonds. The number of aromatic nitrogens is 1. The van der Waals surface area contributed by atoms with E-state index < -0.39 is 32.4 Å². The molecule has 0 aromatic carbocycles. The molecule has 0 aliphatic rings. The van der Waals surface area contributed by atoms with Gasteiger partial charge in [0.2, 0.25) is 0 Å². The lowest BCUT2D eigenvalue weighted by atomic mass is 10.2. The van der Waals surface area contributed by atoms with E-state index in [9.17, 15) is 13.2 Å². The van der Waals surface area contributed by atoms with Crippen LogP contribution in [0.3, 0.4) is 0 Å². The Morgan fingerprint density at radius 2 is 1.84 bits per heavy atom. The maximum absolute atomic E-state index is 13.9. The number of nitrogens with zero attached hydrogens (tertiary/aromatic N) is 1. The monoisotopic (exact) mass is 291 g/mol. The summed E-state index contributed by atoms with van der Waals surface area (Å²) in [6.45, 7) is 8.78. The summed E-state index contributed by atoms with van der Waals surface area (Å²) in [5.74, 6) is -4.42. The van der Waals surface area contributed by atoms with Crippen LogP contribution in [0.4, 0.5) is 13.2 Å². The van der Waals surface area contributed by atoms with Crippen molar-refractivity contribution in [3.05, 3.63) is 29.8 Å². The standard InChI is InChI=1S/C13H20F3NOSi/c1-12(2,3)19(4,5)18-9-13(15,16)11-10(14)7-6-8-17-11/h6-8H,9H2,1-5H3. The second-order valence-corrected chi connectivity index (χ2v) is 10.9. The number of alkyl halides is 2. The molecule has 0 aliphatic carbocycles. The minimum Gasteiger partial charge on any atom is -0.410 e. The fourth-order valence-electron chi connectivity index (χ4n) is 1.21. The second-order valence-electron chi connectivity index (χ2n) is 6.09. The first-order valence-electron chi connectivity index (χ1n) is 6.10. The van der Waals surface area contributed by atoms with Gasteiger partial charge < -0.3 is 4.43 Å². The number of halogens is 3. The minimum absolute atomic E-state index is 0.175. The molecule has 1 aromatic rings. The van der Waals surface area contributed by atoms with Gasteiger partial charge in [-0.2, -0.15) is 8.78 Å². The van der Waals surface area contributed by atoms with Crippen molar-refractivity contribution in [3.63, 3.8) is 0 Å². The second kappa shape index (κ2) is 5.24. The lowest BCUT2D eigenvalue weighted by Crippen LogP contribution is -2.43. The Bertz CT molecular complexity index is 444. The molecular weight excluding hydrogens is 271 g/mol. The van der Waals surface area contributed by atoms with Crippen LogP contribution in [0.2, 0.25) is 18.1 Å². The fraction of sp³-hybridized carbons (Fsp3) is 0.615. The summed E-state index contributed by atoms with van der Waals surface area (Å²) in [6, 6.07) is 2.26. The van der Waals surface area contributed by atoms with E-state index >= 15 is 0 Å². The molecule has 1 rings (SSSR count). The molecule has 1 heterocycles. The van der Waals surface area contributed by atoms with E-state index in [1.165, 1.54) is 6.07 Å². The van der Waals surface area contributed by atoms with E-state index in [-0.39, 0.29) is 5.04 Å². The molecule has 0 N–H and O–H groups in total. The maximum Gasteiger partial charge on any atom is 0.314 e. The molecule has 6 heteroatoms. The Morgan fingerprint density at radius 1 is 1.26 bits per heavy atom. The van der Waals surface area contributed by atoms with Gasteiger partial charge in [-0.25, -0.2) is 4.39 Å². The molecule has 0 fully saturated rings. The molecule has 2 nitrogen and oxygen atoms in total. The highest BCUT2D eigenvalue weighted by Crippen LogP contribution is 2.38. The molecule has 0 saturated carbocycles. The molecule has 0 bridgehead atoms. The lowest BCUT2D eigenvalue weighted by Gasteiger charge is -2.37. The van der Waals surface area contributed by atoms with E-state index in [2.05, 4.69) is 4.98 Å². The fourth-order valence-corrected chi connectivity index (χ4v) is 2.19. The summed E-state index contributed by atoms with van der Waals surface area (Å²) in [5.41, 5.74) is -0.853. The quantitative estimate of drug-likeness (QED) is 0.770. The van der Waals surface area contributed by atoms with Gasteiger partial charge in [0.1, 0.15) is 12.3 Å². The van der Waals surface area contributed by atoms with E-state index in [1.807, 2.05) is 33.9 Å². The van der Waals surface area contributed by atoms with Crippen LogP contribution < -0.4 is 0 Å². The molecular formula is C13H20F3NOSi. The zero-order chi connectivity index (χ0) is 14.9. The summed E-state index contributed by atoms with van der Waals surface area (Å²) in [5, 5.41) is -0.175. The number of pyridine rings is 1. The zero-order valence-electron chi connectivity index (χ0n) is 11.9. The highest BCUT2D eigenvalue weighted by Gasteiger charge is 2.43. The van der Waals surface area contributed by atoms with Gasteiger partial charge in [0.15, 0.2) is 14.1 Å². The smallest absolute Gasteiger partial charge is 0.314 e. The Balaban J connectivity index is 2.85. The van der Waals surface area contributed by atoms with Gasteiger partial charge in [0.05, 0.1) is 0 Å². The summed E-state index contributed by atoms with van der Waals surface area (Å²) in [6.07, 6.45) is 1.15. The van der Waals surface area contributed by atoms with E-state index in [0.29, 0.717) is 0 Å². The normalized spacial score (nSPS) is 13.7. The van der Waals surface area contributed by atoms with Crippen LogP contribution >= 0.6 is 0 Å². The molecule has 0 aliphatic heterocycles. The number of rotatable bonds is 4. The van der Waals surface area contributed by atoms with Crippen molar-refractivity contribution in [1.82, 2.24) is 4.98 Å². The molecule has 0 saturated heterocycles. The van der Waals surface area contributed by atoms with E-state index in [4.69, 9.17) is 4.43 Å². The lowest BCUT2D eigenvalue weighted by molar-refractivity contribution is -0.0574. The van der Waals surface area contributed by atoms with E-state index in [1.54, 1.807) is 0 Å². The third kappa shape index (κ3) is 3.79. The van der Waals surface area contributed by atoms with Crippen molar-refractivity contribution < 1.29 is 17.6 Å². The Labute approximate surface area is 113 Å². The topological polar surface area (TPSA) is 22.1 Å². The van der Waals surface area contributed by atoms with Crippen LogP contribution in [0.1, 0.15) is 26.5 Å². The summed E-state index contributed by atoms with van der Waals surface area (Å²) < 4.78 is 46.7. The van der Waals surface area contributed by atoms with Crippen LogP contribution in [0.25, 0.3) is 0 Å². The van der Waals surface area contributed by atoms with Crippen molar-refractivity contribution in [2.75, 3.05) is 6.61 Å². The summed E-state index contributed by atoms with van der Waals surface area (Å²) in [7, 11) is -2.30. The Kier molecular flexibility index (Phi) is 4.46. The summed E-state index contributed by atoms with van der Waals surface area (Å²) >= 11 is 0. The SMILES string of the molecule is CC(C)(C)[Si](C)(C)OCC(F)(F)c1ncccc1F. The maximum atomic E-state index is 13.9. The molecule has 19 heavy (non-hydrogen) atoms. The Morgan fingerprint density at radius 3 is 2.32 bits per heavy atom. The average molecular weight is 291 g/mol. The highest BCUT2D eigenvalue weighted by molar-refractivity contribution is 6.74. The zero-order valence-corrected chi connectivity index (χ0v) is 12.9. The highest BCUT2D eigenvalue weighted by atomic mass is 28.4. The Hall–Kier alpha value is -0.883. The van der Waals surface area contributed by atoms with Crippen molar-refractivity contribution in [2.24, 2.45) is 0 Å². The van der Waals surface area contributed by atoms with Crippen molar-refractivity contribution in [3.8, 4) is 0 Å². The van der Waals surface area contributed by atoms with Crippen LogP contribution in [-0.2, 0) is 10.3 Å². The summed E-state index contributed by atoms with van der Waals surface area (Å²) in [4.78, 5) is 3.42. The number of hydrogen-bond acceptors (Lipinski definition) is 2. The molecule has 1 aromatic heterocycles. The van der Waals surface area contributed by atoms with Gasteiger partial charge in [0.25, 0.3) is 0 Å². The first-order chi connectivity index (χ1) is 8.47. The molecule has 0 unspecified atom stereocenters. The molecule has 0 spiro atoms. The van der Waals surface area contributed by atoms with Crippen LogP contribution in [0.15, 0.2) is 18.3 Å². The third-order valence-electron chi connectivity index (χ3n) is 3.53. The van der Waals surface area contributed by atoms with Gasteiger partial charge in [-0.3, -0.25) is 4.98 Å². The van der Waals surface area contributed by atoms with Crippen LogP contribution in [-0.4, -0.2) is 19.9 Å². The largest absolute Gasteiger partial charge is 0.410 e. The molecule has 0 atom stereocenters. The molecule has 108 valence electrons. The van der Waals surface area contributed by atoms with E-state index in [0.717, 1.165) is 12.3 Å². The first kappa shape index (κ1) is 16.2. The van der Waals surface area contributed by atoms with Gasteiger partial charge in [-0.05, 0) is 30.3 Å². The molecule has 0 radical (unpaired) electrons. The van der Waals surface area contributed by atoms with Crippen LogP contribution in [0.5, 0.6) is 0 Å². The van der Waals surface area contributed by atoms with Gasteiger partial charge in [-0.1, -0.05) is 20.8 Å². The van der Waals surface area contributed by atoms with Crippen molar-refractivity contribution in [1.29, 1.82) is 0 Å². The third-order valence-corrected chi connectivity index (χ3v) is 8.00. The van der Waals surface area contributed by atoms with Crippen molar-refractivity contribution >= 4 is 8.32 Å². The first-order valence-corrected chi connectivity index (χ1v) is 9.01. The number of hydrogen-bond donors (Lipinski definition) is 0. The minimum atomic E-state index is -3.42. The predicted octanol–water partition coefficient (Wildman–Crippen LogP) is 4.33. The van der Waals surface area contributed by atoms with Gasteiger partial charge in [0, 0.05) is 6.20 Å².